The molecule has 0 bridgehead atoms. The van der Waals surface area contributed by atoms with Crippen LogP contribution in [0, 0.1) is 11.6 Å². The molecule has 0 aliphatic heterocycles. The summed E-state index contributed by atoms with van der Waals surface area (Å²) in [4.78, 5) is 12.8. The molecule has 5 nitrogen and oxygen atoms in total. The second-order valence-corrected chi connectivity index (χ2v) is 7.27. The minimum Gasteiger partial charge on any atom is -0.497 e. The van der Waals surface area contributed by atoms with E-state index < -0.39 is 11.6 Å². The summed E-state index contributed by atoms with van der Waals surface area (Å²) in [7, 11) is 1.62. The highest BCUT2D eigenvalue weighted by molar-refractivity contribution is 5.28. The predicted octanol–water partition coefficient (Wildman–Crippen LogP) is 4.28. The van der Waals surface area contributed by atoms with Crippen LogP contribution in [-0.2, 0) is 25.9 Å². The van der Waals surface area contributed by atoms with Gasteiger partial charge in [0.15, 0.2) is 0 Å². The number of nitrogens with zero attached hydrogens (tertiary/aromatic N) is 2. The van der Waals surface area contributed by atoms with Crippen LogP contribution in [0.4, 0.5) is 8.78 Å². The second-order valence-electron chi connectivity index (χ2n) is 7.27. The van der Waals surface area contributed by atoms with E-state index in [2.05, 4.69) is 0 Å². The summed E-state index contributed by atoms with van der Waals surface area (Å²) in [6.07, 6.45) is 2.76. The first-order valence-corrected chi connectivity index (χ1v) is 10.0. The minimum atomic E-state index is -0.717. The highest BCUT2D eigenvalue weighted by atomic mass is 19.1. The Kier molecular flexibility index (Phi) is 6.92. The lowest BCUT2D eigenvalue weighted by Gasteiger charge is -2.07. The molecule has 0 amide bonds. The number of aryl methyl sites for hydroxylation is 1. The van der Waals surface area contributed by atoms with E-state index in [4.69, 9.17) is 4.74 Å². The Bertz CT molecular complexity index is 1040. The van der Waals surface area contributed by atoms with E-state index in [1.807, 2.05) is 31.2 Å². The Morgan fingerprint density at radius 1 is 0.967 bits per heavy atom. The number of imidazole rings is 1. The number of aromatic hydroxyl groups is 1. The van der Waals surface area contributed by atoms with Gasteiger partial charge in [0.1, 0.15) is 17.4 Å². The van der Waals surface area contributed by atoms with Crippen molar-refractivity contribution >= 4 is 0 Å². The third-order valence-corrected chi connectivity index (χ3v) is 5.05. The molecular formula is C23H26F2N2O3. The molecule has 3 rings (SSSR count). The highest BCUT2D eigenvalue weighted by Gasteiger charge is 2.19. The van der Waals surface area contributed by atoms with Crippen LogP contribution in [-0.4, -0.2) is 21.4 Å². The van der Waals surface area contributed by atoms with E-state index in [0.717, 1.165) is 48.8 Å². The van der Waals surface area contributed by atoms with Gasteiger partial charge in [0.05, 0.1) is 19.3 Å². The number of halogens is 2. The number of ether oxygens (including phenoxy) is 1. The fourth-order valence-electron chi connectivity index (χ4n) is 3.61. The standard InChI is InChI=1S/C23H26F2N2O3/c1-3-11-26-21(6-4-5-16-7-9-20(30-2)10-8-16)22(28)27(23(26)29)15-17-12-18(24)14-19(25)13-17/h7-10,12-14,28H,3-6,11,15H2,1-2H3. The van der Waals surface area contributed by atoms with Gasteiger partial charge in [-0.1, -0.05) is 19.1 Å². The summed E-state index contributed by atoms with van der Waals surface area (Å²) in [5.74, 6) is -0.789. The maximum atomic E-state index is 13.5. The molecule has 30 heavy (non-hydrogen) atoms. The Morgan fingerprint density at radius 2 is 1.63 bits per heavy atom. The molecule has 1 N–H and O–H groups in total. The van der Waals surface area contributed by atoms with Gasteiger partial charge in [-0.2, -0.15) is 0 Å². The van der Waals surface area contributed by atoms with Crippen LogP contribution in [0.5, 0.6) is 11.6 Å². The maximum absolute atomic E-state index is 13.5. The Hall–Kier alpha value is -3.09. The van der Waals surface area contributed by atoms with Crippen molar-refractivity contribution in [1.82, 2.24) is 9.13 Å². The monoisotopic (exact) mass is 416 g/mol. The van der Waals surface area contributed by atoms with Gasteiger partial charge in [0.25, 0.3) is 0 Å². The molecule has 7 heteroatoms. The lowest BCUT2D eigenvalue weighted by Crippen LogP contribution is -2.25. The van der Waals surface area contributed by atoms with Gasteiger partial charge in [-0.05, 0) is 61.1 Å². The van der Waals surface area contributed by atoms with Crippen molar-refractivity contribution in [3.05, 3.63) is 81.4 Å². The molecule has 0 unspecified atom stereocenters. The van der Waals surface area contributed by atoms with Gasteiger partial charge >= 0.3 is 5.69 Å². The SMILES string of the molecule is CCCn1c(CCCc2ccc(OC)cc2)c(O)n(Cc2cc(F)cc(F)c2)c1=O. The average molecular weight is 416 g/mol. The first-order chi connectivity index (χ1) is 14.4. The lowest BCUT2D eigenvalue weighted by molar-refractivity contribution is 0.414. The first kappa shape index (κ1) is 21.6. The maximum Gasteiger partial charge on any atom is 0.331 e. The number of aromatic nitrogens is 2. The van der Waals surface area contributed by atoms with Crippen molar-refractivity contribution in [2.45, 2.75) is 45.7 Å². The molecule has 0 atom stereocenters. The van der Waals surface area contributed by atoms with Gasteiger partial charge in [-0.25, -0.2) is 13.6 Å². The van der Waals surface area contributed by atoms with Gasteiger partial charge in [0, 0.05) is 12.6 Å². The summed E-state index contributed by atoms with van der Waals surface area (Å²) in [6, 6.07) is 10.9. The van der Waals surface area contributed by atoms with Gasteiger partial charge < -0.3 is 9.84 Å². The van der Waals surface area contributed by atoms with Crippen LogP contribution >= 0.6 is 0 Å². The zero-order chi connectivity index (χ0) is 21.7. The molecule has 3 aromatic rings. The van der Waals surface area contributed by atoms with Crippen LogP contribution in [0.2, 0.25) is 0 Å². The highest BCUT2D eigenvalue weighted by Crippen LogP contribution is 2.21. The lowest BCUT2D eigenvalue weighted by atomic mass is 10.1. The van der Waals surface area contributed by atoms with Crippen LogP contribution in [0.1, 0.15) is 36.6 Å². The van der Waals surface area contributed by atoms with Crippen molar-refractivity contribution in [3.63, 3.8) is 0 Å². The van der Waals surface area contributed by atoms with Gasteiger partial charge in [0.2, 0.25) is 5.88 Å². The van der Waals surface area contributed by atoms with Crippen molar-refractivity contribution in [2.24, 2.45) is 0 Å². The average Bonchev–Trinajstić information content (AvgIpc) is 2.93. The molecule has 0 saturated carbocycles. The third-order valence-electron chi connectivity index (χ3n) is 5.05. The quantitative estimate of drug-likeness (QED) is 0.567. The Balaban J connectivity index is 1.80. The molecular weight excluding hydrogens is 390 g/mol. The van der Waals surface area contributed by atoms with Crippen LogP contribution in [0.3, 0.4) is 0 Å². The summed E-state index contributed by atoms with van der Waals surface area (Å²) >= 11 is 0. The van der Waals surface area contributed by atoms with Gasteiger partial charge in [-0.15, -0.1) is 0 Å². The number of hydrogen-bond donors (Lipinski definition) is 1. The number of rotatable bonds is 9. The summed E-state index contributed by atoms with van der Waals surface area (Å²) in [5, 5.41) is 10.7. The molecule has 0 aliphatic rings. The van der Waals surface area contributed by atoms with Crippen LogP contribution in [0.25, 0.3) is 0 Å². The fraction of sp³-hybridized carbons (Fsp3) is 0.348. The molecule has 160 valence electrons. The summed E-state index contributed by atoms with van der Waals surface area (Å²) in [5.41, 5.74) is 1.59. The molecule has 0 radical (unpaired) electrons. The van der Waals surface area contributed by atoms with E-state index in [9.17, 15) is 18.7 Å². The zero-order valence-electron chi connectivity index (χ0n) is 17.2. The molecule has 0 saturated heterocycles. The van der Waals surface area contributed by atoms with Crippen molar-refractivity contribution < 1.29 is 18.6 Å². The first-order valence-electron chi connectivity index (χ1n) is 10.0. The number of benzene rings is 2. The van der Waals surface area contributed by atoms with E-state index in [0.29, 0.717) is 18.7 Å². The Labute approximate surface area is 174 Å². The third kappa shape index (κ3) is 4.90. The minimum absolute atomic E-state index is 0.0957. The zero-order valence-corrected chi connectivity index (χ0v) is 17.2. The van der Waals surface area contributed by atoms with E-state index in [1.54, 1.807) is 11.7 Å². The molecule has 2 aromatic carbocycles. The summed E-state index contributed by atoms with van der Waals surface area (Å²) in [6.45, 7) is 2.32. The molecule has 0 fully saturated rings. The van der Waals surface area contributed by atoms with Crippen molar-refractivity contribution in [1.29, 1.82) is 0 Å². The largest absolute Gasteiger partial charge is 0.497 e. The van der Waals surface area contributed by atoms with Crippen molar-refractivity contribution in [3.8, 4) is 11.6 Å². The number of hydrogen-bond acceptors (Lipinski definition) is 3. The predicted molar refractivity (Wildman–Crippen MR) is 111 cm³/mol. The van der Waals surface area contributed by atoms with Gasteiger partial charge in [-0.3, -0.25) is 9.13 Å². The van der Waals surface area contributed by atoms with Crippen LogP contribution in [0.15, 0.2) is 47.3 Å². The molecule has 1 aromatic heterocycles. The summed E-state index contributed by atoms with van der Waals surface area (Å²) < 4.78 is 34.9. The van der Waals surface area contributed by atoms with Crippen molar-refractivity contribution in [2.75, 3.05) is 7.11 Å². The smallest absolute Gasteiger partial charge is 0.331 e. The fourth-order valence-corrected chi connectivity index (χ4v) is 3.61. The van der Waals surface area contributed by atoms with E-state index in [-0.39, 0.29) is 23.7 Å². The second kappa shape index (κ2) is 9.61. The van der Waals surface area contributed by atoms with E-state index in [1.165, 1.54) is 4.57 Å². The topological polar surface area (TPSA) is 56.4 Å². The van der Waals surface area contributed by atoms with Crippen LogP contribution < -0.4 is 10.4 Å². The number of methoxy groups -OCH3 is 1. The molecule has 0 aliphatic carbocycles. The Morgan fingerprint density at radius 3 is 2.23 bits per heavy atom. The molecule has 1 heterocycles. The normalized spacial score (nSPS) is 11.1. The molecule has 0 spiro atoms. The van der Waals surface area contributed by atoms with E-state index >= 15 is 0 Å².